The van der Waals surface area contributed by atoms with Gasteiger partial charge in [0.1, 0.15) is 23.4 Å². The van der Waals surface area contributed by atoms with Crippen LogP contribution in [-0.2, 0) is 4.74 Å². The molecule has 3 rings (SSSR count). The Labute approximate surface area is 147 Å². The van der Waals surface area contributed by atoms with Gasteiger partial charge in [0.05, 0.1) is 19.2 Å². The van der Waals surface area contributed by atoms with Crippen molar-refractivity contribution in [1.29, 1.82) is 0 Å². The number of carbonyl (C=O) groups excluding carboxylic acids is 1. The molecule has 2 aromatic rings. The fourth-order valence-corrected chi connectivity index (χ4v) is 3.20. The van der Waals surface area contributed by atoms with Crippen molar-refractivity contribution in [3.8, 4) is 5.75 Å². The molecule has 1 saturated heterocycles. The summed E-state index contributed by atoms with van der Waals surface area (Å²) in [6.07, 6.45) is -0.236. The van der Waals surface area contributed by atoms with Crippen LogP contribution in [0.2, 0.25) is 0 Å². The smallest absolute Gasteiger partial charge is 0.318 e. The Kier molecular flexibility index (Phi) is 4.99. The number of benzene rings is 1. The fraction of sp³-hybridized carbons (Fsp3) is 0.421. The Hall–Kier alpha value is -2.47. The van der Waals surface area contributed by atoms with E-state index in [0.717, 1.165) is 22.6 Å². The van der Waals surface area contributed by atoms with Gasteiger partial charge >= 0.3 is 6.03 Å². The number of hydrogen-bond donors (Lipinski definition) is 2. The molecule has 0 bridgehead atoms. The third-order valence-electron chi connectivity index (χ3n) is 4.48. The van der Waals surface area contributed by atoms with E-state index in [2.05, 4.69) is 5.32 Å². The number of urea groups is 1. The second kappa shape index (κ2) is 7.19. The molecule has 0 saturated carbocycles. The second-order valence-corrected chi connectivity index (χ2v) is 6.44. The number of nitrogens with zero attached hydrogens (tertiary/aromatic N) is 1. The fourth-order valence-electron chi connectivity index (χ4n) is 3.20. The Bertz CT molecular complexity index is 756. The van der Waals surface area contributed by atoms with Crippen LogP contribution in [0.3, 0.4) is 0 Å². The molecule has 1 fully saturated rings. The van der Waals surface area contributed by atoms with Crippen LogP contribution in [0.1, 0.15) is 41.7 Å². The number of aromatic hydroxyl groups is 1. The molecular formula is C19H24N2O4. The minimum Gasteiger partial charge on any atom is -0.508 e. The van der Waals surface area contributed by atoms with Crippen LogP contribution in [0.15, 0.2) is 34.7 Å². The standard InChI is InChI=1S/C19H24N2O4/c1-12-9-17(14(3)25-12)13(2)20-19(23)21-7-8-24-18(11-21)15-5-4-6-16(22)10-15/h4-6,9-10,13,18,22H,7-8,11H2,1-3H3,(H,20,23). The van der Waals surface area contributed by atoms with E-state index >= 15 is 0 Å². The van der Waals surface area contributed by atoms with Crippen LogP contribution >= 0.6 is 0 Å². The molecule has 2 amide bonds. The van der Waals surface area contributed by atoms with Crippen LogP contribution in [0, 0.1) is 13.8 Å². The van der Waals surface area contributed by atoms with Gasteiger partial charge in [-0.05, 0) is 44.5 Å². The molecule has 6 heteroatoms. The lowest BCUT2D eigenvalue weighted by atomic mass is 10.1. The molecule has 1 aromatic carbocycles. The van der Waals surface area contributed by atoms with Gasteiger partial charge in [-0.3, -0.25) is 0 Å². The van der Waals surface area contributed by atoms with Gasteiger partial charge in [0.2, 0.25) is 0 Å². The summed E-state index contributed by atoms with van der Waals surface area (Å²) in [5.41, 5.74) is 1.86. The summed E-state index contributed by atoms with van der Waals surface area (Å²) < 4.78 is 11.3. The van der Waals surface area contributed by atoms with Gasteiger partial charge in [0.15, 0.2) is 0 Å². The molecule has 1 aliphatic rings. The SMILES string of the molecule is Cc1cc(C(C)NC(=O)N2CCOC(c3cccc(O)c3)C2)c(C)o1. The number of furan rings is 1. The minimum absolute atomic E-state index is 0.126. The summed E-state index contributed by atoms with van der Waals surface area (Å²) in [6.45, 7) is 7.20. The largest absolute Gasteiger partial charge is 0.508 e. The molecule has 2 atom stereocenters. The van der Waals surface area contributed by atoms with Gasteiger partial charge in [-0.15, -0.1) is 0 Å². The zero-order chi connectivity index (χ0) is 18.0. The third-order valence-corrected chi connectivity index (χ3v) is 4.48. The molecule has 134 valence electrons. The number of nitrogens with one attached hydrogen (secondary N) is 1. The number of aryl methyl sites for hydroxylation is 2. The average molecular weight is 344 g/mol. The van der Waals surface area contributed by atoms with E-state index in [9.17, 15) is 9.90 Å². The number of amides is 2. The van der Waals surface area contributed by atoms with E-state index in [4.69, 9.17) is 9.15 Å². The van der Waals surface area contributed by atoms with E-state index in [1.807, 2.05) is 32.9 Å². The highest BCUT2D eigenvalue weighted by atomic mass is 16.5. The Balaban J connectivity index is 1.65. The van der Waals surface area contributed by atoms with Crippen LogP contribution in [0.25, 0.3) is 0 Å². The quantitative estimate of drug-likeness (QED) is 0.894. The molecule has 6 nitrogen and oxygen atoms in total. The third kappa shape index (κ3) is 3.96. The predicted molar refractivity (Wildman–Crippen MR) is 93.5 cm³/mol. The topological polar surface area (TPSA) is 74.9 Å². The van der Waals surface area contributed by atoms with Gasteiger partial charge in [-0.1, -0.05) is 12.1 Å². The summed E-state index contributed by atoms with van der Waals surface area (Å²) >= 11 is 0. The molecule has 2 unspecified atom stereocenters. The van der Waals surface area contributed by atoms with Gasteiger partial charge in [0.25, 0.3) is 0 Å². The lowest BCUT2D eigenvalue weighted by Gasteiger charge is -2.34. The zero-order valence-corrected chi connectivity index (χ0v) is 14.8. The molecular weight excluding hydrogens is 320 g/mol. The Morgan fingerprint density at radius 1 is 1.36 bits per heavy atom. The van der Waals surface area contributed by atoms with E-state index < -0.39 is 0 Å². The highest BCUT2D eigenvalue weighted by Crippen LogP contribution is 2.26. The van der Waals surface area contributed by atoms with Crippen molar-refractivity contribution < 1.29 is 19.1 Å². The van der Waals surface area contributed by atoms with Crippen molar-refractivity contribution in [2.45, 2.75) is 32.9 Å². The average Bonchev–Trinajstić information content (AvgIpc) is 2.93. The van der Waals surface area contributed by atoms with Crippen molar-refractivity contribution in [2.75, 3.05) is 19.7 Å². The second-order valence-electron chi connectivity index (χ2n) is 6.44. The Morgan fingerprint density at radius 3 is 2.84 bits per heavy atom. The van der Waals surface area contributed by atoms with Crippen LogP contribution in [-0.4, -0.2) is 35.7 Å². The number of ether oxygens (including phenoxy) is 1. The molecule has 2 N–H and O–H groups in total. The molecule has 0 spiro atoms. The van der Waals surface area contributed by atoms with Crippen molar-refractivity contribution in [3.05, 3.63) is 53.0 Å². The van der Waals surface area contributed by atoms with Crippen molar-refractivity contribution in [2.24, 2.45) is 0 Å². The number of hydrogen-bond acceptors (Lipinski definition) is 4. The zero-order valence-electron chi connectivity index (χ0n) is 14.8. The van der Waals surface area contributed by atoms with E-state index in [1.165, 1.54) is 0 Å². The maximum Gasteiger partial charge on any atom is 0.318 e. The summed E-state index contributed by atoms with van der Waals surface area (Å²) in [5.74, 6) is 1.86. The summed E-state index contributed by atoms with van der Waals surface area (Å²) in [6, 6.07) is 8.66. The van der Waals surface area contributed by atoms with Crippen LogP contribution in [0.5, 0.6) is 5.75 Å². The van der Waals surface area contributed by atoms with Gasteiger partial charge in [-0.25, -0.2) is 4.79 Å². The first-order chi connectivity index (χ1) is 11.9. The van der Waals surface area contributed by atoms with Crippen LogP contribution in [0.4, 0.5) is 4.79 Å². The normalized spacial score (nSPS) is 18.8. The number of morpholine rings is 1. The van der Waals surface area contributed by atoms with E-state index in [1.54, 1.807) is 23.1 Å². The number of phenolic OH excluding ortho intramolecular Hbond substituents is 1. The molecule has 2 heterocycles. The highest BCUT2D eigenvalue weighted by Gasteiger charge is 2.27. The van der Waals surface area contributed by atoms with Gasteiger partial charge in [0, 0.05) is 12.1 Å². The minimum atomic E-state index is -0.236. The lowest BCUT2D eigenvalue weighted by Crippen LogP contribution is -2.47. The number of phenols is 1. The van der Waals surface area contributed by atoms with E-state index in [0.29, 0.717) is 19.7 Å². The van der Waals surface area contributed by atoms with Crippen molar-refractivity contribution in [1.82, 2.24) is 10.2 Å². The van der Waals surface area contributed by atoms with Crippen molar-refractivity contribution >= 4 is 6.03 Å². The maximum absolute atomic E-state index is 12.6. The highest BCUT2D eigenvalue weighted by molar-refractivity contribution is 5.75. The molecule has 0 aliphatic carbocycles. The summed E-state index contributed by atoms with van der Waals surface area (Å²) in [5, 5.41) is 12.7. The summed E-state index contributed by atoms with van der Waals surface area (Å²) in [4.78, 5) is 14.4. The first-order valence-corrected chi connectivity index (χ1v) is 8.47. The van der Waals surface area contributed by atoms with Gasteiger partial charge in [-0.2, -0.15) is 0 Å². The van der Waals surface area contributed by atoms with E-state index in [-0.39, 0.29) is 23.9 Å². The van der Waals surface area contributed by atoms with Crippen LogP contribution < -0.4 is 5.32 Å². The first kappa shape index (κ1) is 17.4. The Morgan fingerprint density at radius 2 is 2.16 bits per heavy atom. The van der Waals surface area contributed by atoms with Crippen molar-refractivity contribution in [3.63, 3.8) is 0 Å². The molecule has 0 radical (unpaired) electrons. The number of rotatable bonds is 3. The first-order valence-electron chi connectivity index (χ1n) is 8.47. The predicted octanol–water partition coefficient (Wildman–Crippen LogP) is 3.45. The molecule has 1 aromatic heterocycles. The molecule has 1 aliphatic heterocycles. The lowest BCUT2D eigenvalue weighted by molar-refractivity contribution is -0.0158. The summed E-state index contributed by atoms with van der Waals surface area (Å²) in [7, 11) is 0. The number of carbonyl (C=O) groups is 1. The van der Waals surface area contributed by atoms with Gasteiger partial charge < -0.3 is 24.5 Å². The maximum atomic E-state index is 12.6. The molecule has 25 heavy (non-hydrogen) atoms. The monoisotopic (exact) mass is 344 g/mol.